The van der Waals surface area contributed by atoms with E-state index >= 15 is 0 Å². The third-order valence-corrected chi connectivity index (χ3v) is 5.05. The molecule has 0 radical (unpaired) electrons. The van der Waals surface area contributed by atoms with Gasteiger partial charge in [0.1, 0.15) is 5.75 Å². The van der Waals surface area contributed by atoms with Gasteiger partial charge >= 0.3 is 5.97 Å². The Morgan fingerprint density at radius 1 is 0.771 bits per heavy atom. The highest BCUT2D eigenvalue weighted by Gasteiger charge is 2.26. The number of carbonyl (C=O) groups is 3. The molecule has 0 aliphatic heterocycles. The normalized spacial score (nSPS) is 11.2. The van der Waals surface area contributed by atoms with Crippen LogP contribution >= 0.6 is 0 Å². The van der Waals surface area contributed by atoms with Crippen molar-refractivity contribution in [3.05, 3.63) is 114 Å². The van der Waals surface area contributed by atoms with Gasteiger partial charge in [0, 0.05) is 16.9 Å². The molecule has 2 N–H and O–H groups in total. The minimum absolute atomic E-state index is 0.169. The quantitative estimate of drug-likeness (QED) is 0.348. The van der Waals surface area contributed by atoms with Gasteiger partial charge < -0.3 is 24.5 Å². The molecule has 8 heteroatoms. The van der Waals surface area contributed by atoms with Crippen molar-refractivity contribution in [2.75, 3.05) is 17.7 Å². The average molecular weight is 470 g/mol. The van der Waals surface area contributed by atoms with Crippen LogP contribution in [-0.2, 0) is 9.53 Å². The highest BCUT2D eigenvalue weighted by atomic mass is 16.5. The standard InChI is InChI=1S/C27H22N2O6/c1-33-22-15-13-21(14-16-22)29-26(31)24(18-6-3-2-4-7-18)35-27(32)19-9-11-20(12-10-19)28-25(30)23-8-5-17-34-23/h2-17,24H,1H3,(H,28,30)(H,29,31). The van der Waals surface area contributed by atoms with Gasteiger partial charge in [-0.15, -0.1) is 0 Å². The summed E-state index contributed by atoms with van der Waals surface area (Å²) in [6.45, 7) is 0. The Bertz CT molecular complexity index is 1280. The molecule has 35 heavy (non-hydrogen) atoms. The number of furan rings is 1. The number of methoxy groups -OCH3 is 1. The minimum atomic E-state index is -1.18. The Morgan fingerprint density at radius 3 is 2.06 bits per heavy atom. The number of benzene rings is 3. The lowest BCUT2D eigenvalue weighted by atomic mass is 10.1. The number of hydrogen-bond donors (Lipinski definition) is 2. The van der Waals surface area contributed by atoms with Crippen LogP contribution < -0.4 is 15.4 Å². The van der Waals surface area contributed by atoms with Crippen molar-refractivity contribution in [2.24, 2.45) is 0 Å². The molecule has 2 amide bonds. The fourth-order valence-electron chi connectivity index (χ4n) is 3.25. The van der Waals surface area contributed by atoms with Crippen LogP contribution in [0, 0.1) is 0 Å². The maximum Gasteiger partial charge on any atom is 0.339 e. The summed E-state index contributed by atoms with van der Waals surface area (Å²) >= 11 is 0. The zero-order chi connectivity index (χ0) is 24.6. The molecule has 176 valence electrons. The van der Waals surface area contributed by atoms with E-state index in [-0.39, 0.29) is 11.3 Å². The second kappa shape index (κ2) is 10.8. The molecule has 0 saturated carbocycles. The van der Waals surface area contributed by atoms with Gasteiger partial charge in [0.2, 0.25) is 6.10 Å². The van der Waals surface area contributed by atoms with E-state index in [1.54, 1.807) is 86.0 Å². The molecule has 0 aliphatic rings. The minimum Gasteiger partial charge on any atom is -0.497 e. The van der Waals surface area contributed by atoms with Crippen LogP contribution in [0.5, 0.6) is 5.75 Å². The van der Waals surface area contributed by atoms with Crippen molar-refractivity contribution in [1.82, 2.24) is 0 Å². The Labute approximate surface area is 201 Å². The first-order chi connectivity index (χ1) is 17.0. The second-order valence-electron chi connectivity index (χ2n) is 7.42. The molecule has 4 rings (SSSR count). The van der Waals surface area contributed by atoms with Crippen molar-refractivity contribution in [2.45, 2.75) is 6.10 Å². The molecule has 4 aromatic rings. The number of carbonyl (C=O) groups excluding carboxylic acids is 3. The lowest BCUT2D eigenvalue weighted by molar-refractivity contribution is -0.125. The van der Waals surface area contributed by atoms with Gasteiger partial charge in [-0.25, -0.2) is 4.79 Å². The smallest absolute Gasteiger partial charge is 0.339 e. The van der Waals surface area contributed by atoms with E-state index in [4.69, 9.17) is 13.9 Å². The molecule has 0 fully saturated rings. The summed E-state index contributed by atoms with van der Waals surface area (Å²) in [5.41, 5.74) is 1.75. The zero-order valence-corrected chi connectivity index (χ0v) is 18.8. The molecule has 1 unspecified atom stereocenters. The summed E-state index contributed by atoms with van der Waals surface area (Å²) < 4.78 is 15.8. The largest absolute Gasteiger partial charge is 0.497 e. The SMILES string of the molecule is COc1ccc(NC(=O)C(OC(=O)c2ccc(NC(=O)c3ccco3)cc2)c2ccccc2)cc1. The molecule has 8 nitrogen and oxygen atoms in total. The summed E-state index contributed by atoms with van der Waals surface area (Å²) in [5, 5.41) is 5.44. The van der Waals surface area contributed by atoms with Gasteiger partial charge in [-0.3, -0.25) is 9.59 Å². The molecule has 0 aliphatic carbocycles. The van der Waals surface area contributed by atoms with Gasteiger partial charge in [-0.1, -0.05) is 30.3 Å². The van der Waals surface area contributed by atoms with E-state index in [0.717, 1.165) is 0 Å². The van der Waals surface area contributed by atoms with Crippen LogP contribution in [0.25, 0.3) is 0 Å². The highest BCUT2D eigenvalue weighted by molar-refractivity contribution is 6.02. The molecule has 0 saturated heterocycles. The Balaban J connectivity index is 1.46. The Morgan fingerprint density at radius 2 is 1.43 bits per heavy atom. The lowest BCUT2D eigenvalue weighted by Crippen LogP contribution is -2.26. The number of esters is 1. The van der Waals surface area contributed by atoms with E-state index in [1.165, 1.54) is 18.4 Å². The summed E-state index contributed by atoms with van der Waals surface area (Å²) in [4.78, 5) is 38.0. The van der Waals surface area contributed by atoms with Crippen LogP contribution in [0.2, 0.25) is 0 Å². The van der Waals surface area contributed by atoms with E-state index in [1.807, 2.05) is 0 Å². The van der Waals surface area contributed by atoms with Crippen molar-refractivity contribution in [1.29, 1.82) is 0 Å². The summed E-state index contributed by atoms with van der Waals surface area (Å²) in [6.07, 6.45) is 0.228. The molecular weight excluding hydrogens is 448 g/mol. The first-order valence-electron chi connectivity index (χ1n) is 10.7. The van der Waals surface area contributed by atoms with Gasteiger partial charge in [0.05, 0.1) is 18.9 Å². The number of rotatable bonds is 8. The van der Waals surface area contributed by atoms with Crippen molar-refractivity contribution in [3.63, 3.8) is 0 Å². The maximum atomic E-state index is 13.0. The summed E-state index contributed by atoms with van der Waals surface area (Å²) in [7, 11) is 1.55. The number of hydrogen-bond acceptors (Lipinski definition) is 6. The molecular formula is C27H22N2O6. The first kappa shape index (κ1) is 23.3. The highest BCUT2D eigenvalue weighted by Crippen LogP contribution is 2.23. The van der Waals surface area contributed by atoms with Crippen molar-refractivity contribution in [3.8, 4) is 5.75 Å². The van der Waals surface area contributed by atoms with Crippen LogP contribution in [-0.4, -0.2) is 24.9 Å². The third kappa shape index (κ3) is 5.94. The number of amides is 2. The first-order valence-corrected chi connectivity index (χ1v) is 10.7. The molecule has 1 heterocycles. The van der Waals surface area contributed by atoms with Gasteiger partial charge in [0.15, 0.2) is 5.76 Å². The molecule has 1 aromatic heterocycles. The third-order valence-electron chi connectivity index (χ3n) is 5.05. The maximum absolute atomic E-state index is 13.0. The number of anilines is 2. The fraction of sp³-hybridized carbons (Fsp3) is 0.0741. The van der Waals surface area contributed by atoms with Crippen molar-refractivity contribution < 1.29 is 28.3 Å². The van der Waals surface area contributed by atoms with E-state index in [9.17, 15) is 14.4 Å². The number of ether oxygens (including phenoxy) is 2. The Kier molecular flexibility index (Phi) is 7.22. The molecule has 0 spiro atoms. The molecule has 3 aromatic carbocycles. The van der Waals surface area contributed by atoms with Gasteiger partial charge in [-0.05, 0) is 60.7 Å². The predicted octanol–water partition coefficient (Wildman–Crippen LogP) is 5.08. The van der Waals surface area contributed by atoms with E-state index in [2.05, 4.69) is 10.6 Å². The van der Waals surface area contributed by atoms with Crippen LogP contribution in [0.1, 0.15) is 32.6 Å². The Hall–Kier alpha value is -4.85. The molecule has 0 bridgehead atoms. The van der Waals surface area contributed by atoms with Crippen LogP contribution in [0.3, 0.4) is 0 Å². The predicted molar refractivity (Wildman–Crippen MR) is 129 cm³/mol. The van der Waals surface area contributed by atoms with Gasteiger partial charge in [0.25, 0.3) is 11.8 Å². The summed E-state index contributed by atoms with van der Waals surface area (Å²) in [5.74, 6) is -0.783. The monoisotopic (exact) mass is 470 g/mol. The van der Waals surface area contributed by atoms with Gasteiger partial charge in [-0.2, -0.15) is 0 Å². The average Bonchev–Trinajstić information content (AvgIpc) is 3.44. The van der Waals surface area contributed by atoms with E-state index in [0.29, 0.717) is 22.7 Å². The lowest BCUT2D eigenvalue weighted by Gasteiger charge is -2.18. The topological polar surface area (TPSA) is 107 Å². The van der Waals surface area contributed by atoms with Crippen LogP contribution in [0.15, 0.2) is 102 Å². The van der Waals surface area contributed by atoms with Crippen molar-refractivity contribution >= 4 is 29.2 Å². The fourth-order valence-corrected chi connectivity index (χ4v) is 3.25. The van der Waals surface area contributed by atoms with Crippen LogP contribution in [0.4, 0.5) is 11.4 Å². The summed E-state index contributed by atoms with van der Waals surface area (Å²) in [6, 6.07) is 24.8. The number of nitrogens with one attached hydrogen (secondary N) is 2. The van der Waals surface area contributed by atoms with E-state index < -0.39 is 23.9 Å². The zero-order valence-electron chi connectivity index (χ0n) is 18.8. The molecule has 1 atom stereocenters. The second-order valence-corrected chi connectivity index (χ2v) is 7.42.